The Bertz CT molecular complexity index is 80.3. The van der Waals surface area contributed by atoms with E-state index in [0.717, 1.165) is 0 Å². The maximum atomic E-state index is 5.19. The fraction of sp³-hybridized carbons (Fsp3) is 0.818. The van der Waals surface area contributed by atoms with Gasteiger partial charge in [0.25, 0.3) is 0 Å². The van der Waals surface area contributed by atoms with Crippen LogP contribution in [0.3, 0.4) is 0 Å². The third-order valence-corrected chi connectivity index (χ3v) is 1.89. The van der Waals surface area contributed by atoms with Crippen molar-refractivity contribution in [2.45, 2.75) is 52.1 Å². The van der Waals surface area contributed by atoms with Crippen molar-refractivity contribution < 1.29 is 4.74 Å². The summed E-state index contributed by atoms with van der Waals surface area (Å²) in [6, 6.07) is 0. The molecule has 1 rings (SSSR count). The summed E-state index contributed by atoms with van der Waals surface area (Å²) in [4.78, 5) is 0. The van der Waals surface area contributed by atoms with E-state index in [9.17, 15) is 0 Å². The average molecular weight is 170 g/mol. The van der Waals surface area contributed by atoms with Gasteiger partial charge in [0.15, 0.2) is 0 Å². The summed E-state index contributed by atoms with van der Waals surface area (Å²) in [5.74, 6) is 0. The highest BCUT2D eigenvalue weighted by Crippen LogP contribution is 2.18. The Hall–Kier alpha value is -0.480. The van der Waals surface area contributed by atoms with Gasteiger partial charge < -0.3 is 4.74 Å². The lowest BCUT2D eigenvalue weighted by Crippen LogP contribution is -2.13. The van der Waals surface area contributed by atoms with Gasteiger partial charge in [-0.3, -0.25) is 0 Å². The van der Waals surface area contributed by atoms with E-state index in [1.54, 1.807) is 0 Å². The zero-order valence-corrected chi connectivity index (χ0v) is 8.68. The molecule has 0 atom stereocenters. The summed E-state index contributed by atoms with van der Waals surface area (Å²) in [7, 11) is 1.82. The molecule has 0 aromatic heterocycles. The van der Waals surface area contributed by atoms with Crippen molar-refractivity contribution in [1.29, 1.82) is 0 Å². The Morgan fingerprint density at radius 3 is 1.67 bits per heavy atom. The second-order valence-corrected chi connectivity index (χ2v) is 2.50. The first-order valence-electron chi connectivity index (χ1n) is 4.79. The Morgan fingerprint density at radius 2 is 1.42 bits per heavy atom. The standard InChI is InChI=1S/C7H14O.C2H6.C2H2/c1-8-7-5-3-2-4-6-7;2*1-2/h7H,2-6H2,1H3;1-2H3;1-2H. The molecule has 0 heterocycles. The van der Waals surface area contributed by atoms with E-state index in [2.05, 4.69) is 12.8 Å². The van der Waals surface area contributed by atoms with Crippen LogP contribution in [0, 0.1) is 12.8 Å². The van der Waals surface area contributed by atoms with Crippen molar-refractivity contribution >= 4 is 0 Å². The molecular weight excluding hydrogens is 148 g/mol. The van der Waals surface area contributed by atoms with Gasteiger partial charge in [0.2, 0.25) is 0 Å². The van der Waals surface area contributed by atoms with E-state index in [4.69, 9.17) is 4.74 Å². The molecule has 1 nitrogen and oxygen atoms in total. The quantitative estimate of drug-likeness (QED) is 0.549. The molecule has 0 N–H and O–H groups in total. The zero-order chi connectivity index (χ0) is 9.82. The van der Waals surface area contributed by atoms with E-state index < -0.39 is 0 Å². The van der Waals surface area contributed by atoms with Gasteiger partial charge in [-0.2, -0.15) is 0 Å². The molecule has 12 heavy (non-hydrogen) atoms. The Kier molecular flexibility index (Phi) is 15.4. The minimum absolute atomic E-state index is 0.587. The number of hydrogen-bond donors (Lipinski definition) is 0. The summed E-state index contributed by atoms with van der Waals surface area (Å²) in [6.45, 7) is 4.00. The zero-order valence-electron chi connectivity index (χ0n) is 8.68. The van der Waals surface area contributed by atoms with Crippen LogP contribution >= 0.6 is 0 Å². The molecule has 1 heteroatoms. The molecule has 1 aliphatic carbocycles. The predicted octanol–water partition coefficient (Wildman–Crippen LogP) is 3.24. The molecule has 72 valence electrons. The van der Waals surface area contributed by atoms with Crippen LogP contribution in [0.5, 0.6) is 0 Å². The first-order chi connectivity index (χ1) is 5.93. The third-order valence-electron chi connectivity index (χ3n) is 1.89. The first kappa shape index (κ1) is 14.1. The largest absolute Gasteiger partial charge is 0.381 e. The van der Waals surface area contributed by atoms with E-state index >= 15 is 0 Å². The van der Waals surface area contributed by atoms with Crippen molar-refractivity contribution in [3.63, 3.8) is 0 Å². The van der Waals surface area contributed by atoms with Crippen LogP contribution in [-0.2, 0) is 4.74 Å². The molecule has 0 amide bonds. The van der Waals surface area contributed by atoms with Gasteiger partial charge in [-0.25, -0.2) is 0 Å². The summed E-state index contributed by atoms with van der Waals surface area (Å²) < 4.78 is 5.19. The maximum Gasteiger partial charge on any atom is 0.0571 e. The fourth-order valence-electron chi connectivity index (χ4n) is 1.30. The smallest absolute Gasteiger partial charge is 0.0571 e. The normalized spacial score (nSPS) is 16.4. The van der Waals surface area contributed by atoms with Crippen molar-refractivity contribution in [2.24, 2.45) is 0 Å². The Balaban J connectivity index is 0. The van der Waals surface area contributed by atoms with Gasteiger partial charge in [-0.15, -0.1) is 12.8 Å². The maximum absolute atomic E-state index is 5.19. The molecule has 1 fully saturated rings. The second kappa shape index (κ2) is 13.1. The molecule has 0 unspecified atom stereocenters. The molecule has 0 saturated heterocycles. The Labute approximate surface area is 77.5 Å². The SMILES string of the molecule is C#C.CC.COC1CCCCC1. The highest BCUT2D eigenvalue weighted by atomic mass is 16.5. The van der Waals surface area contributed by atoms with Crippen LogP contribution in [0.25, 0.3) is 0 Å². The molecule has 1 aliphatic rings. The lowest BCUT2D eigenvalue weighted by Gasteiger charge is -2.19. The number of rotatable bonds is 1. The monoisotopic (exact) mass is 170 g/mol. The minimum Gasteiger partial charge on any atom is -0.381 e. The fourth-order valence-corrected chi connectivity index (χ4v) is 1.30. The van der Waals surface area contributed by atoms with Crippen LogP contribution < -0.4 is 0 Å². The lowest BCUT2D eigenvalue weighted by atomic mass is 9.98. The molecule has 0 aromatic rings. The van der Waals surface area contributed by atoms with Crippen LogP contribution in [0.15, 0.2) is 0 Å². The highest BCUT2D eigenvalue weighted by molar-refractivity contribution is 4.63. The van der Waals surface area contributed by atoms with E-state index in [1.807, 2.05) is 21.0 Å². The Morgan fingerprint density at radius 1 is 1.00 bits per heavy atom. The van der Waals surface area contributed by atoms with Crippen LogP contribution in [0.4, 0.5) is 0 Å². The molecule has 1 saturated carbocycles. The molecule has 0 spiro atoms. The van der Waals surface area contributed by atoms with E-state index in [-0.39, 0.29) is 0 Å². The topological polar surface area (TPSA) is 9.23 Å². The molecule has 0 aromatic carbocycles. The number of terminal acetylenes is 1. The summed E-state index contributed by atoms with van der Waals surface area (Å²) in [5, 5.41) is 0. The van der Waals surface area contributed by atoms with Crippen LogP contribution in [-0.4, -0.2) is 13.2 Å². The summed E-state index contributed by atoms with van der Waals surface area (Å²) in [6.07, 6.45) is 15.3. The van der Waals surface area contributed by atoms with Gasteiger partial charge in [0, 0.05) is 7.11 Å². The van der Waals surface area contributed by atoms with Crippen molar-refractivity contribution in [3.8, 4) is 12.8 Å². The molecule has 0 aliphatic heterocycles. The van der Waals surface area contributed by atoms with E-state index in [0.29, 0.717) is 6.10 Å². The third kappa shape index (κ3) is 7.63. The van der Waals surface area contributed by atoms with Gasteiger partial charge in [-0.05, 0) is 12.8 Å². The minimum atomic E-state index is 0.587. The summed E-state index contributed by atoms with van der Waals surface area (Å²) in [5.41, 5.74) is 0. The number of methoxy groups -OCH3 is 1. The second-order valence-electron chi connectivity index (χ2n) is 2.50. The van der Waals surface area contributed by atoms with Crippen LogP contribution in [0.1, 0.15) is 46.0 Å². The van der Waals surface area contributed by atoms with Crippen LogP contribution in [0.2, 0.25) is 0 Å². The van der Waals surface area contributed by atoms with Gasteiger partial charge in [0.1, 0.15) is 0 Å². The van der Waals surface area contributed by atoms with E-state index in [1.165, 1.54) is 32.1 Å². The molecule has 0 bridgehead atoms. The van der Waals surface area contributed by atoms with Crippen molar-refractivity contribution in [3.05, 3.63) is 0 Å². The molecular formula is C11H22O. The van der Waals surface area contributed by atoms with Crippen molar-refractivity contribution in [1.82, 2.24) is 0 Å². The lowest BCUT2D eigenvalue weighted by molar-refractivity contribution is 0.0710. The first-order valence-corrected chi connectivity index (χ1v) is 4.79. The average Bonchev–Trinajstić information content (AvgIpc) is 2.25. The van der Waals surface area contributed by atoms with Gasteiger partial charge in [-0.1, -0.05) is 33.1 Å². The van der Waals surface area contributed by atoms with Gasteiger partial charge >= 0.3 is 0 Å². The number of hydrogen-bond acceptors (Lipinski definition) is 1. The van der Waals surface area contributed by atoms with Gasteiger partial charge in [0.05, 0.1) is 6.10 Å². The molecule has 0 radical (unpaired) electrons. The highest BCUT2D eigenvalue weighted by Gasteiger charge is 2.10. The predicted molar refractivity (Wildman–Crippen MR) is 55.1 cm³/mol. The summed E-state index contributed by atoms with van der Waals surface area (Å²) >= 11 is 0. The van der Waals surface area contributed by atoms with Crippen molar-refractivity contribution in [2.75, 3.05) is 7.11 Å². The number of ether oxygens (including phenoxy) is 1.